The second-order valence-corrected chi connectivity index (χ2v) is 10.4. The van der Waals surface area contributed by atoms with Gasteiger partial charge in [0.05, 0.1) is 18.0 Å². The Kier molecular flexibility index (Phi) is 5.95. The Bertz CT molecular complexity index is 927. The quantitative estimate of drug-likeness (QED) is 0.606. The van der Waals surface area contributed by atoms with E-state index in [2.05, 4.69) is 95.0 Å². The van der Waals surface area contributed by atoms with Crippen LogP contribution in [-0.4, -0.2) is 22.4 Å². The van der Waals surface area contributed by atoms with Gasteiger partial charge in [0.1, 0.15) is 0 Å². The van der Waals surface area contributed by atoms with E-state index in [9.17, 15) is 4.57 Å². The fraction of sp³-hybridized carbons (Fsp3) is 0.385. The average molecular weight is 418 g/mol. The highest BCUT2D eigenvalue weighted by Gasteiger charge is 2.60. The Labute approximate surface area is 180 Å². The van der Waals surface area contributed by atoms with Gasteiger partial charge in [-0.05, 0) is 34.6 Å². The highest BCUT2D eigenvalue weighted by atomic mass is 31.1. The number of benzene rings is 2. The number of fused-ring (bicyclic) bond motifs is 1. The monoisotopic (exact) mass is 417 g/mol. The first kappa shape index (κ1) is 19.9. The largest absolute Gasteiger partial charge is 0.443 e. The molecule has 1 saturated heterocycles. The summed E-state index contributed by atoms with van der Waals surface area (Å²) in [6, 6.07) is 22.2. The summed E-state index contributed by atoms with van der Waals surface area (Å²) >= 11 is 0. The zero-order chi connectivity index (χ0) is 20.3. The van der Waals surface area contributed by atoms with Crippen LogP contribution in [0.3, 0.4) is 0 Å². The van der Waals surface area contributed by atoms with Crippen molar-refractivity contribution in [1.29, 1.82) is 0 Å². The molecule has 0 radical (unpaired) electrons. The van der Waals surface area contributed by atoms with Gasteiger partial charge < -0.3 is 5.32 Å². The number of nitrogens with zero attached hydrogens (tertiary/aromatic N) is 1. The Morgan fingerprint density at radius 2 is 1.60 bits per heavy atom. The highest BCUT2D eigenvalue weighted by molar-refractivity contribution is 7.43. The minimum Gasteiger partial charge on any atom is -0.308 e. The van der Waals surface area contributed by atoms with Gasteiger partial charge in [0, 0.05) is 12.6 Å². The molecule has 1 saturated carbocycles. The van der Waals surface area contributed by atoms with Crippen LogP contribution >= 0.6 is 7.95 Å². The van der Waals surface area contributed by atoms with E-state index in [-0.39, 0.29) is 17.6 Å². The van der Waals surface area contributed by atoms with Crippen LogP contribution in [0.2, 0.25) is 0 Å². The molecular weight excluding hydrogens is 387 g/mol. The molecule has 0 aromatic heterocycles. The zero-order valence-electron chi connectivity index (χ0n) is 17.3. The second kappa shape index (κ2) is 8.98. The fourth-order valence-electron chi connectivity index (χ4n) is 5.47. The summed E-state index contributed by atoms with van der Waals surface area (Å²) < 4.78 is 16.2. The van der Waals surface area contributed by atoms with Gasteiger partial charge in [0.25, 0.3) is 0 Å². The normalized spacial score (nSPS) is 32.3. The first-order chi connectivity index (χ1) is 14.8. The maximum absolute atomic E-state index is 13.8. The van der Waals surface area contributed by atoms with E-state index in [1.54, 1.807) is 0 Å². The third-order valence-electron chi connectivity index (χ3n) is 6.90. The predicted octanol–water partition coefficient (Wildman–Crippen LogP) is 6.00. The number of hydrogen-bond donors (Lipinski definition) is 1. The SMILES string of the molecule is O=[P+]1C2C=CC=C[C@@H]2[C@@H](c2ccccc2)N1[C@H]1CCCC[C@@H]1NCc1ccccc1. The number of allylic oxidation sites excluding steroid dienone is 3. The van der Waals surface area contributed by atoms with Crippen LogP contribution in [0, 0.1) is 5.92 Å². The molecule has 154 valence electrons. The van der Waals surface area contributed by atoms with Crippen LogP contribution in [0.5, 0.6) is 0 Å². The summed E-state index contributed by atoms with van der Waals surface area (Å²) in [7, 11) is -1.46. The van der Waals surface area contributed by atoms with Gasteiger partial charge in [-0.3, -0.25) is 0 Å². The van der Waals surface area contributed by atoms with Gasteiger partial charge >= 0.3 is 7.95 Å². The van der Waals surface area contributed by atoms with Crippen molar-refractivity contribution in [2.45, 2.75) is 56.0 Å². The molecule has 1 N–H and O–H groups in total. The van der Waals surface area contributed by atoms with E-state index in [4.69, 9.17) is 0 Å². The molecule has 2 unspecified atom stereocenters. The Balaban J connectivity index is 1.44. The molecule has 0 bridgehead atoms. The van der Waals surface area contributed by atoms with E-state index in [1.165, 1.54) is 24.0 Å². The summed E-state index contributed by atoms with van der Waals surface area (Å²) in [5.41, 5.74) is 2.72. The van der Waals surface area contributed by atoms with E-state index >= 15 is 0 Å². The predicted molar refractivity (Wildman–Crippen MR) is 124 cm³/mol. The first-order valence-electron chi connectivity index (χ1n) is 11.2. The minimum atomic E-state index is -1.46. The Hall–Kier alpha value is -2.06. The van der Waals surface area contributed by atoms with Crippen molar-refractivity contribution in [1.82, 2.24) is 9.99 Å². The molecule has 2 aliphatic carbocycles. The zero-order valence-corrected chi connectivity index (χ0v) is 18.2. The molecule has 1 aliphatic heterocycles. The standard InChI is InChI=1S/C26H30N2OP/c29-30-25-18-10-7-15-22(25)26(21-13-5-2-6-14-21)28(30)24-17-9-8-16-23(24)27-19-20-11-3-1-4-12-20/h1-7,10-15,18,22-27H,8-9,16-17,19H2/q+1/t22-,23-,24-,25?,26+/m0/s1. The van der Waals surface area contributed by atoms with E-state index in [0.29, 0.717) is 12.1 Å². The summed E-state index contributed by atoms with van der Waals surface area (Å²) in [5, 5.41) is 3.83. The lowest BCUT2D eigenvalue weighted by atomic mass is 9.84. The maximum Gasteiger partial charge on any atom is 0.443 e. The fourth-order valence-corrected chi connectivity index (χ4v) is 7.68. The smallest absolute Gasteiger partial charge is 0.308 e. The molecule has 0 amide bonds. The molecule has 30 heavy (non-hydrogen) atoms. The third-order valence-corrected chi connectivity index (χ3v) is 8.93. The lowest BCUT2D eigenvalue weighted by molar-refractivity contribution is 0.160. The average Bonchev–Trinajstić information content (AvgIpc) is 3.11. The molecule has 4 heteroatoms. The van der Waals surface area contributed by atoms with E-state index < -0.39 is 7.95 Å². The van der Waals surface area contributed by atoms with Gasteiger partial charge in [-0.2, -0.15) is 0 Å². The Morgan fingerprint density at radius 1 is 0.900 bits per heavy atom. The molecular formula is C26H30N2OP+. The van der Waals surface area contributed by atoms with Gasteiger partial charge in [0.15, 0.2) is 0 Å². The molecule has 3 aliphatic rings. The van der Waals surface area contributed by atoms with Crippen LogP contribution in [0.15, 0.2) is 85.0 Å². The molecule has 5 rings (SSSR count). The maximum atomic E-state index is 13.8. The lowest BCUT2D eigenvalue weighted by Crippen LogP contribution is -2.49. The molecule has 3 nitrogen and oxygen atoms in total. The van der Waals surface area contributed by atoms with Crippen molar-refractivity contribution in [2.75, 3.05) is 0 Å². The highest BCUT2D eigenvalue weighted by Crippen LogP contribution is 2.59. The summed E-state index contributed by atoms with van der Waals surface area (Å²) in [4.78, 5) is 0. The van der Waals surface area contributed by atoms with Crippen LogP contribution in [0.4, 0.5) is 0 Å². The minimum absolute atomic E-state index is 0.118. The second-order valence-electron chi connectivity index (χ2n) is 8.70. The molecule has 1 heterocycles. The molecule has 2 fully saturated rings. The van der Waals surface area contributed by atoms with Crippen molar-refractivity contribution in [3.63, 3.8) is 0 Å². The van der Waals surface area contributed by atoms with Gasteiger partial charge in [-0.25, -0.2) is 0 Å². The van der Waals surface area contributed by atoms with Crippen molar-refractivity contribution in [3.8, 4) is 0 Å². The first-order valence-corrected chi connectivity index (χ1v) is 12.5. The number of hydrogen-bond acceptors (Lipinski definition) is 2. The molecule has 2 aromatic carbocycles. The Morgan fingerprint density at radius 3 is 2.40 bits per heavy atom. The topological polar surface area (TPSA) is 32.3 Å². The van der Waals surface area contributed by atoms with Crippen molar-refractivity contribution >= 4 is 7.95 Å². The van der Waals surface area contributed by atoms with Crippen LogP contribution in [-0.2, 0) is 11.1 Å². The van der Waals surface area contributed by atoms with Crippen molar-refractivity contribution in [2.24, 2.45) is 5.92 Å². The van der Waals surface area contributed by atoms with Crippen molar-refractivity contribution in [3.05, 3.63) is 96.1 Å². The number of nitrogens with one attached hydrogen (secondary N) is 1. The van der Waals surface area contributed by atoms with E-state index in [0.717, 1.165) is 19.4 Å². The van der Waals surface area contributed by atoms with Crippen molar-refractivity contribution < 1.29 is 4.57 Å². The van der Waals surface area contributed by atoms with E-state index in [1.807, 2.05) is 0 Å². The lowest BCUT2D eigenvalue weighted by Gasteiger charge is -2.36. The summed E-state index contributed by atoms with van der Waals surface area (Å²) in [6.07, 6.45) is 13.4. The molecule has 6 atom stereocenters. The van der Waals surface area contributed by atoms with Gasteiger partial charge in [-0.1, -0.05) is 96.4 Å². The summed E-state index contributed by atoms with van der Waals surface area (Å²) in [5.74, 6) is 0.290. The molecule has 0 spiro atoms. The van der Waals surface area contributed by atoms with Gasteiger partial charge in [0.2, 0.25) is 5.66 Å². The molecule has 2 aromatic rings. The van der Waals surface area contributed by atoms with Gasteiger partial charge in [-0.15, -0.1) is 0 Å². The third kappa shape index (κ3) is 3.83. The van der Waals surface area contributed by atoms with Crippen LogP contribution < -0.4 is 5.32 Å². The van der Waals surface area contributed by atoms with Crippen LogP contribution in [0.25, 0.3) is 0 Å². The van der Waals surface area contributed by atoms with Crippen LogP contribution in [0.1, 0.15) is 42.9 Å². The number of rotatable bonds is 5. The summed E-state index contributed by atoms with van der Waals surface area (Å²) in [6.45, 7) is 0.870.